The molecular weight excluding hydrogens is 285 g/mol. The summed E-state index contributed by atoms with van der Waals surface area (Å²) >= 11 is 1.58. The summed E-state index contributed by atoms with van der Waals surface area (Å²) in [5, 5.41) is 15.4. The Hall–Kier alpha value is -1.49. The normalized spacial score (nSPS) is 14.4. The van der Waals surface area contributed by atoms with Gasteiger partial charge in [-0.2, -0.15) is 0 Å². The predicted molar refractivity (Wildman–Crippen MR) is 86.8 cm³/mol. The highest BCUT2D eigenvalue weighted by Crippen LogP contribution is 2.22. The Balaban J connectivity index is 1.71. The second kappa shape index (κ2) is 8.08. The molecule has 0 fully saturated rings. The van der Waals surface area contributed by atoms with Crippen LogP contribution in [-0.2, 0) is 0 Å². The lowest BCUT2D eigenvalue weighted by molar-refractivity contribution is 0.158. The van der Waals surface area contributed by atoms with Gasteiger partial charge in [0.1, 0.15) is 5.82 Å². The molecule has 2 unspecified atom stereocenters. The maximum Gasteiger partial charge on any atom is 0.123 e. The first-order chi connectivity index (χ1) is 10.1. The van der Waals surface area contributed by atoms with Gasteiger partial charge < -0.3 is 10.4 Å². The molecule has 0 aliphatic heterocycles. The fraction of sp³-hybridized carbons (Fsp3) is 0.294. The zero-order valence-corrected chi connectivity index (χ0v) is 12.8. The van der Waals surface area contributed by atoms with Gasteiger partial charge in [-0.3, -0.25) is 0 Å². The topological polar surface area (TPSA) is 32.3 Å². The van der Waals surface area contributed by atoms with Crippen molar-refractivity contribution in [3.8, 4) is 0 Å². The summed E-state index contributed by atoms with van der Waals surface area (Å²) in [5.74, 6) is -0.221. The third-order valence-electron chi connectivity index (χ3n) is 3.21. The molecule has 2 N–H and O–H groups in total. The molecule has 0 saturated carbocycles. The molecule has 4 heteroatoms. The standard InChI is InChI=1S/C17H20FNOS/c1-13(12-16(20)17-5-3-11-21-17)19-10-2-4-14-6-8-15(18)9-7-14/h2-9,11,13,16,19-20H,10,12H2,1H3/b4-2+. The first kappa shape index (κ1) is 15.9. The fourth-order valence-corrected chi connectivity index (χ4v) is 2.78. The number of aliphatic hydroxyl groups excluding tert-OH is 1. The first-order valence-corrected chi connectivity index (χ1v) is 7.90. The minimum absolute atomic E-state index is 0.221. The second-order valence-corrected chi connectivity index (χ2v) is 6.01. The quantitative estimate of drug-likeness (QED) is 0.810. The van der Waals surface area contributed by atoms with Crippen molar-refractivity contribution in [2.75, 3.05) is 6.54 Å². The fourth-order valence-electron chi connectivity index (χ4n) is 2.05. The number of aliphatic hydroxyl groups is 1. The smallest absolute Gasteiger partial charge is 0.123 e. The zero-order chi connectivity index (χ0) is 15.1. The Morgan fingerprint density at radius 1 is 1.29 bits per heavy atom. The Labute approximate surface area is 129 Å². The molecule has 0 amide bonds. The lowest BCUT2D eigenvalue weighted by Crippen LogP contribution is -2.27. The van der Waals surface area contributed by atoms with Gasteiger partial charge in [-0.05, 0) is 42.5 Å². The molecule has 0 saturated heterocycles. The molecule has 1 aromatic carbocycles. The number of benzene rings is 1. The maximum absolute atomic E-state index is 12.8. The Kier molecular flexibility index (Phi) is 6.11. The van der Waals surface area contributed by atoms with Crippen molar-refractivity contribution in [3.05, 3.63) is 64.1 Å². The molecule has 0 bridgehead atoms. The minimum atomic E-state index is -0.409. The average molecular weight is 305 g/mol. The van der Waals surface area contributed by atoms with E-state index in [4.69, 9.17) is 0 Å². The maximum atomic E-state index is 12.8. The van der Waals surface area contributed by atoms with Crippen LogP contribution in [0.15, 0.2) is 47.9 Å². The van der Waals surface area contributed by atoms with Crippen molar-refractivity contribution in [3.63, 3.8) is 0 Å². The number of rotatable bonds is 7. The minimum Gasteiger partial charge on any atom is -0.388 e. The van der Waals surface area contributed by atoms with E-state index in [9.17, 15) is 9.50 Å². The summed E-state index contributed by atoms with van der Waals surface area (Å²) < 4.78 is 12.8. The van der Waals surface area contributed by atoms with Crippen LogP contribution < -0.4 is 5.32 Å². The van der Waals surface area contributed by atoms with Gasteiger partial charge in [-0.15, -0.1) is 11.3 Å². The van der Waals surface area contributed by atoms with Crippen molar-refractivity contribution in [2.24, 2.45) is 0 Å². The first-order valence-electron chi connectivity index (χ1n) is 7.02. The summed E-state index contributed by atoms with van der Waals surface area (Å²) in [5.41, 5.74) is 0.976. The highest BCUT2D eigenvalue weighted by atomic mass is 32.1. The lowest BCUT2D eigenvalue weighted by Gasteiger charge is -2.16. The van der Waals surface area contributed by atoms with Crippen molar-refractivity contribution in [2.45, 2.75) is 25.5 Å². The van der Waals surface area contributed by atoms with Crippen LogP contribution in [0.2, 0.25) is 0 Å². The molecule has 21 heavy (non-hydrogen) atoms. The van der Waals surface area contributed by atoms with Crippen LogP contribution in [0.4, 0.5) is 4.39 Å². The Bertz CT molecular complexity index is 551. The molecule has 0 radical (unpaired) electrons. The van der Waals surface area contributed by atoms with Gasteiger partial charge in [0.2, 0.25) is 0 Å². The number of hydrogen-bond donors (Lipinski definition) is 2. The van der Waals surface area contributed by atoms with E-state index in [1.54, 1.807) is 23.5 Å². The van der Waals surface area contributed by atoms with E-state index < -0.39 is 6.10 Å². The zero-order valence-electron chi connectivity index (χ0n) is 12.0. The second-order valence-electron chi connectivity index (χ2n) is 5.03. The third-order valence-corrected chi connectivity index (χ3v) is 4.19. The monoisotopic (exact) mass is 305 g/mol. The number of thiophene rings is 1. The molecule has 1 aromatic heterocycles. The Morgan fingerprint density at radius 3 is 2.71 bits per heavy atom. The van der Waals surface area contributed by atoms with Crippen LogP contribution in [0.1, 0.15) is 29.9 Å². The summed E-state index contributed by atoms with van der Waals surface area (Å²) in [7, 11) is 0. The van der Waals surface area contributed by atoms with Crippen LogP contribution in [-0.4, -0.2) is 17.7 Å². The van der Waals surface area contributed by atoms with E-state index in [0.717, 1.165) is 17.0 Å². The Morgan fingerprint density at radius 2 is 2.05 bits per heavy atom. The van der Waals surface area contributed by atoms with Crippen LogP contribution >= 0.6 is 11.3 Å². The highest BCUT2D eigenvalue weighted by Gasteiger charge is 2.12. The largest absolute Gasteiger partial charge is 0.388 e. The van der Waals surface area contributed by atoms with E-state index >= 15 is 0 Å². The SMILES string of the molecule is CC(CC(O)c1cccs1)NC/C=C/c1ccc(F)cc1. The molecule has 2 atom stereocenters. The third kappa shape index (κ3) is 5.42. The molecule has 2 aromatic rings. The van der Waals surface area contributed by atoms with Crippen LogP contribution in [0.25, 0.3) is 6.08 Å². The summed E-state index contributed by atoms with van der Waals surface area (Å²) in [6.45, 7) is 2.78. The van der Waals surface area contributed by atoms with Gasteiger partial charge in [0.25, 0.3) is 0 Å². The van der Waals surface area contributed by atoms with Gasteiger partial charge in [-0.25, -0.2) is 4.39 Å². The van der Waals surface area contributed by atoms with Gasteiger partial charge in [0.05, 0.1) is 6.10 Å². The average Bonchev–Trinajstić information content (AvgIpc) is 3.00. The molecule has 2 rings (SSSR count). The van der Waals surface area contributed by atoms with Gasteiger partial charge in [-0.1, -0.05) is 30.4 Å². The van der Waals surface area contributed by atoms with Gasteiger partial charge >= 0.3 is 0 Å². The van der Waals surface area contributed by atoms with Crippen molar-refractivity contribution in [1.29, 1.82) is 0 Å². The number of halogens is 1. The van der Waals surface area contributed by atoms with E-state index in [1.165, 1.54) is 12.1 Å². The van der Waals surface area contributed by atoms with Crippen molar-refractivity contribution in [1.82, 2.24) is 5.32 Å². The van der Waals surface area contributed by atoms with E-state index in [1.807, 2.05) is 29.7 Å². The molecule has 2 nitrogen and oxygen atoms in total. The predicted octanol–water partition coefficient (Wildman–Crippen LogP) is 4.00. The van der Waals surface area contributed by atoms with Crippen LogP contribution in [0.5, 0.6) is 0 Å². The highest BCUT2D eigenvalue weighted by molar-refractivity contribution is 7.10. The molecule has 1 heterocycles. The molecule has 0 aliphatic rings. The van der Waals surface area contributed by atoms with Gasteiger partial charge in [0.15, 0.2) is 0 Å². The van der Waals surface area contributed by atoms with Crippen LogP contribution in [0, 0.1) is 5.82 Å². The van der Waals surface area contributed by atoms with Crippen LogP contribution in [0.3, 0.4) is 0 Å². The van der Waals surface area contributed by atoms with Crippen molar-refractivity contribution >= 4 is 17.4 Å². The number of hydrogen-bond acceptors (Lipinski definition) is 3. The van der Waals surface area contributed by atoms with E-state index in [0.29, 0.717) is 6.42 Å². The summed E-state index contributed by atoms with van der Waals surface area (Å²) in [6, 6.07) is 10.5. The summed E-state index contributed by atoms with van der Waals surface area (Å²) in [4.78, 5) is 1.01. The lowest BCUT2D eigenvalue weighted by atomic mass is 10.1. The van der Waals surface area contributed by atoms with E-state index in [2.05, 4.69) is 12.2 Å². The van der Waals surface area contributed by atoms with Gasteiger partial charge in [0, 0.05) is 17.5 Å². The van der Waals surface area contributed by atoms with Crippen molar-refractivity contribution < 1.29 is 9.50 Å². The summed E-state index contributed by atoms with van der Waals surface area (Å²) in [6.07, 6.45) is 4.23. The van der Waals surface area contributed by atoms with E-state index in [-0.39, 0.29) is 11.9 Å². The number of nitrogens with one attached hydrogen (secondary N) is 1. The molecule has 112 valence electrons. The molecular formula is C17H20FNOS. The molecule has 0 aliphatic carbocycles. The molecule has 0 spiro atoms.